The fraction of sp³-hybridized carbons (Fsp3) is 0.429. The van der Waals surface area contributed by atoms with Crippen molar-refractivity contribution in [3.63, 3.8) is 0 Å². The highest BCUT2D eigenvalue weighted by atomic mass is 16.1. The van der Waals surface area contributed by atoms with Crippen LogP contribution in [-0.2, 0) is 0 Å². The molecule has 1 aromatic heterocycles. The van der Waals surface area contributed by atoms with E-state index in [1.54, 1.807) is 6.20 Å². The molecule has 1 aromatic carbocycles. The minimum Gasteiger partial charge on any atom is -0.378 e. The molecule has 1 atom stereocenters. The molecule has 1 unspecified atom stereocenters. The summed E-state index contributed by atoms with van der Waals surface area (Å²) in [7, 11) is 0. The number of rotatable bonds is 5. The van der Waals surface area contributed by atoms with Gasteiger partial charge in [0.05, 0.1) is 0 Å². The molecule has 2 aromatic rings. The SMILES string of the molecule is CC(Nc1ccnc(C(=O)NC2CCCCCC2)c1)c1ccccc1. The van der Waals surface area contributed by atoms with Crippen LogP contribution in [0.25, 0.3) is 0 Å². The first-order valence-electron chi connectivity index (χ1n) is 9.31. The van der Waals surface area contributed by atoms with Gasteiger partial charge < -0.3 is 10.6 Å². The summed E-state index contributed by atoms with van der Waals surface area (Å²) in [4.78, 5) is 16.8. The number of hydrogen-bond acceptors (Lipinski definition) is 3. The molecule has 25 heavy (non-hydrogen) atoms. The fourth-order valence-corrected chi connectivity index (χ4v) is 3.40. The highest BCUT2D eigenvalue weighted by molar-refractivity contribution is 5.93. The van der Waals surface area contributed by atoms with E-state index in [4.69, 9.17) is 0 Å². The Labute approximate surface area is 150 Å². The third kappa shape index (κ3) is 5.05. The van der Waals surface area contributed by atoms with Gasteiger partial charge in [0.2, 0.25) is 0 Å². The Morgan fingerprint density at radius 1 is 1.08 bits per heavy atom. The first kappa shape index (κ1) is 17.5. The van der Waals surface area contributed by atoms with Gasteiger partial charge >= 0.3 is 0 Å². The van der Waals surface area contributed by atoms with Gasteiger partial charge in [0.1, 0.15) is 5.69 Å². The van der Waals surface area contributed by atoms with Crippen LogP contribution in [0.2, 0.25) is 0 Å². The number of hydrogen-bond donors (Lipinski definition) is 2. The molecule has 3 rings (SSSR count). The third-order valence-electron chi connectivity index (χ3n) is 4.87. The van der Waals surface area contributed by atoms with Gasteiger partial charge in [-0.15, -0.1) is 0 Å². The first-order chi connectivity index (χ1) is 12.2. The summed E-state index contributed by atoms with van der Waals surface area (Å²) in [5, 5.41) is 6.61. The Morgan fingerprint density at radius 2 is 1.80 bits per heavy atom. The molecule has 1 aliphatic rings. The van der Waals surface area contributed by atoms with E-state index < -0.39 is 0 Å². The van der Waals surface area contributed by atoms with E-state index in [1.165, 1.54) is 31.2 Å². The zero-order valence-corrected chi connectivity index (χ0v) is 14.9. The van der Waals surface area contributed by atoms with E-state index >= 15 is 0 Å². The van der Waals surface area contributed by atoms with Crippen molar-refractivity contribution in [1.29, 1.82) is 0 Å². The van der Waals surface area contributed by atoms with Crippen LogP contribution in [0.3, 0.4) is 0 Å². The number of aromatic nitrogens is 1. The second-order valence-corrected chi connectivity index (χ2v) is 6.87. The quantitative estimate of drug-likeness (QED) is 0.777. The monoisotopic (exact) mass is 337 g/mol. The van der Waals surface area contributed by atoms with E-state index in [0.29, 0.717) is 5.69 Å². The smallest absolute Gasteiger partial charge is 0.270 e. The van der Waals surface area contributed by atoms with Crippen LogP contribution in [0.4, 0.5) is 5.69 Å². The second-order valence-electron chi connectivity index (χ2n) is 6.87. The van der Waals surface area contributed by atoms with Gasteiger partial charge in [-0.25, -0.2) is 0 Å². The molecule has 4 heteroatoms. The second kappa shape index (κ2) is 8.65. The molecule has 1 fully saturated rings. The average Bonchev–Trinajstić information content (AvgIpc) is 2.91. The van der Waals surface area contributed by atoms with Crippen molar-refractivity contribution >= 4 is 11.6 Å². The van der Waals surface area contributed by atoms with Crippen molar-refractivity contribution in [2.75, 3.05) is 5.32 Å². The van der Waals surface area contributed by atoms with E-state index in [9.17, 15) is 4.79 Å². The lowest BCUT2D eigenvalue weighted by Gasteiger charge is -2.18. The summed E-state index contributed by atoms with van der Waals surface area (Å²) in [5.41, 5.74) is 2.61. The summed E-state index contributed by atoms with van der Waals surface area (Å²) in [6.45, 7) is 2.11. The van der Waals surface area contributed by atoms with Gasteiger partial charge in [0, 0.05) is 24.0 Å². The van der Waals surface area contributed by atoms with Crippen molar-refractivity contribution in [3.8, 4) is 0 Å². The predicted molar refractivity (Wildman–Crippen MR) is 102 cm³/mol. The van der Waals surface area contributed by atoms with Crippen LogP contribution in [-0.4, -0.2) is 16.9 Å². The molecule has 0 spiro atoms. The van der Waals surface area contributed by atoms with E-state index in [2.05, 4.69) is 34.7 Å². The fourth-order valence-electron chi connectivity index (χ4n) is 3.40. The number of nitrogens with zero attached hydrogens (tertiary/aromatic N) is 1. The summed E-state index contributed by atoms with van der Waals surface area (Å²) >= 11 is 0. The highest BCUT2D eigenvalue weighted by Crippen LogP contribution is 2.20. The maximum atomic E-state index is 12.5. The lowest BCUT2D eigenvalue weighted by molar-refractivity contribution is 0.0928. The van der Waals surface area contributed by atoms with E-state index in [0.717, 1.165) is 18.5 Å². The summed E-state index contributed by atoms with van der Waals surface area (Å²) < 4.78 is 0. The maximum absolute atomic E-state index is 12.5. The van der Waals surface area contributed by atoms with Crippen LogP contribution in [0.1, 0.15) is 67.5 Å². The highest BCUT2D eigenvalue weighted by Gasteiger charge is 2.17. The number of pyridine rings is 1. The Kier molecular flexibility index (Phi) is 6.04. The van der Waals surface area contributed by atoms with Crippen molar-refractivity contribution in [2.24, 2.45) is 0 Å². The Balaban J connectivity index is 1.63. The molecule has 2 N–H and O–H groups in total. The Hall–Kier alpha value is -2.36. The molecule has 132 valence electrons. The molecular formula is C21H27N3O. The van der Waals surface area contributed by atoms with Crippen LogP contribution in [0.15, 0.2) is 48.7 Å². The van der Waals surface area contributed by atoms with Crippen LogP contribution < -0.4 is 10.6 Å². The van der Waals surface area contributed by atoms with E-state index in [1.807, 2.05) is 30.3 Å². The number of benzene rings is 1. The predicted octanol–water partition coefficient (Wildman–Crippen LogP) is 4.71. The van der Waals surface area contributed by atoms with Gasteiger partial charge in [-0.05, 0) is 37.5 Å². The largest absolute Gasteiger partial charge is 0.378 e. The number of nitrogens with one attached hydrogen (secondary N) is 2. The summed E-state index contributed by atoms with van der Waals surface area (Å²) in [6, 6.07) is 14.5. The molecule has 4 nitrogen and oxygen atoms in total. The first-order valence-corrected chi connectivity index (χ1v) is 9.31. The average molecular weight is 337 g/mol. The van der Waals surface area contributed by atoms with Crippen molar-refractivity contribution in [3.05, 3.63) is 59.9 Å². The van der Waals surface area contributed by atoms with Crippen LogP contribution in [0.5, 0.6) is 0 Å². The third-order valence-corrected chi connectivity index (χ3v) is 4.87. The summed E-state index contributed by atoms with van der Waals surface area (Å²) in [5.74, 6) is -0.0667. The number of amides is 1. The molecule has 0 saturated heterocycles. The number of carbonyl (C=O) groups is 1. The van der Waals surface area contributed by atoms with Crippen molar-refractivity contribution in [1.82, 2.24) is 10.3 Å². The Bertz CT molecular complexity index is 679. The molecule has 1 amide bonds. The molecular weight excluding hydrogens is 310 g/mol. The minimum atomic E-state index is -0.0667. The maximum Gasteiger partial charge on any atom is 0.270 e. The lowest BCUT2D eigenvalue weighted by Crippen LogP contribution is -2.34. The number of anilines is 1. The standard InChI is InChI=1S/C21H27N3O/c1-16(17-9-5-4-6-10-17)23-19-13-14-22-20(15-19)21(25)24-18-11-7-2-3-8-12-18/h4-6,9-10,13-16,18H,2-3,7-8,11-12H2,1H3,(H,22,23)(H,24,25). The lowest BCUT2D eigenvalue weighted by atomic mass is 10.1. The molecule has 1 heterocycles. The molecule has 0 bridgehead atoms. The normalized spacial score (nSPS) is 16.7. The topological polar surface area (TPSA) is 54.0 Å². The molecule has 1 saturated carbocycles. The molecule has 0 aliphatic heterocycles. The van der Waals surface area contributed by atoms with Crippen molar-refractivity contribution in [2.45, 2.75) is 57.5 Å². The summed E-state index contributed by atoms with van der Waals surface area (Å²) in [6.07, 6.45) is 8.82. The number of carbonyl (C=O) groups excluding carboxylic acids is 1. The molecule has 0 radical (unpaired) electrons. The zero-order chi connectivity index (χ0) is 17.5. The minimum absolute atomic E-state index is 0.0667. The van der Waals surface area contributed by atoms with Crippen molar-refractivity contribution < 1.29 is 4.79 Å². The van der Waals surface area contributed by atoms with Crippen LogP contribution >= 0.6 is 0 Å². The zero-order valence-electron chi connectivity index (χ0n) is 14.9. The van der Waals surface area contributed by atoms with Gasteiger partial charge in [-0.3, -0.25) is 9.78 Å². The van der Waals surface area contributed by atoms with E-state index in [-0.39, 0.29) is 18.0 Å². The van der Waals surface area contributed by atoms with Gasteiger partial charge in [0.15, 0.2) is 0 Å². The van der Waals surface area contributed by atoms with Crippen LogP contribution in [0, 0.1) is 0 Å². The van der Waals surface area contributed by atoms with Gasteiger partial charge in [0.25, 0.3) is 5.91 Å². The van der Waals surface area contributed by atoms with Gasteiger partial charge in [-0.1, -0.05) is 56.0 Å². The Morgan fingerprint density at radius 3 is 2.52 bits per heavy atom. The molecule has 1 aliphatic carbocycles. The van der Waals surface area contributed by atoms with Gasteiger partial charge in [-0.2, -0.15) is 0 Å².